The van der Waals surface area contributed by atoms with Crippen molar-refractivity contribution in [3.05, 3.63) is 61.3 Å². The molecule has 0 aliphatic rings. The SMILES string of the molecule is C=Cn1cc(CNc2ccc(-c3cnc[nH]3)cc2)cn1. The van der Waals surface area contributed by atoms with Gasteiger partial charge >= 0.3 is 0 Å². The monoisotopic (exact) mass is 265 g/mol. The van der Waals surface area contributed by atoms with Crippen LogP contribution in [0.15, 0.2) is 55.8 Å². The molecule has 0 saturated heterocycles. The molecule has 0 spiro atoms. The van der Waals surface area contributed by atoms with Gasteiger partial charge in [0.05, 0.1) is 24.4 Å². The van der Waals surface area contributed by atoms with Gasteiger partial charge in [0.25, 0.3) is 0 Å². The van der Waals surface area contributed by atoms with Gasteiger partial charge in [0.1, 0.15) is 0 Å². The number of nitrogens with zero attached hydrogens (tertiary/aromatic N) is 3. The van der Waals surface area contributed by atoms with E-state index in [1.165, 1.54) is 0 Å². The number of aromatic amines is 1. The first-order valence-electron chi connectivity index (χ1n) is 6.33. The summed E-state index contributed by atoms with van der Waals surface area (Å²) in [6.07, 6.45) is 8.93. The molecule has 0 aliphatic carbocycles. The molecule has 5 heteroatoms. The van der Waals surface area contributed by atoms with Gasteiger partial charge in [-0.15, -0.1) is 0 Å². The minimum absolute atomic E-state index is 0.733. The van der Waals surface area contributed by atoms with Gasteiger partial charge in [-0.05, 0) is 17.7 Å². The molecule has 2 heterocycles. The third kappa shape index (κ3) is 2.61. The van der Waals surface area contributed by atoms with Crippen molar-refractivity contribution in [1.82, 2.24) is 19.7 Å². The number of imidazole rings is 1. The Morgan fingerprint density at radius 2 is 2.10 bits per heavy atom. The Balaban J connectivity index is 1.65. The lowest BCUT2D eigenvalue weighted by Crippen LogP contribution is -1.98. The van der Waals surface area contributed by atoms with E-state index in [1.54, 1.807) is 17.2 Å². The average molecular weight is 265 g/mol. The average Bonchev–Trinajstić information content (AvgIpc) is 3.17. The van der Waals surface area contributed by atoms with E-state index in [4.69, 9.17) is 0 Å². The Bertz CT molecular complexity index is 679. The molecule has 0 amide bonds. The van der Waals surface area contributed by atoms with Crippen molar-refractivity contribution in [2.45, 2.75) is 6.54 Å². The predicted molar refractivity (Wildman–Crippen MR) is 80.0 cm³/mol. The molecule has 20 heavy (non-hydrogen) atoms. The van der Waals surface area contributed by atoms with Gasteiger partial charge in [-0.1, -0.05) is 18.7 Å². The largest absolute Gasteiger partial charge is 0.381 e. The second-order valence-electron chi connectivity index (χ2n) is 4.41. The molecular formula is C15H15N5. The number of anilines is 1. The summed E-state index contributed by atoms with van der Waals surface area (Å²) in [6, 6.07) is 8.22. The van der Waals surface area contributed by atoms with E-state index in [1.807, 2.05) is 30.7 Å². The Kier molecular flexibility index (Phi) is 3.33. The van der Waals surface area contributed by atoms with Crippen molar-refractivity contribution in [2.24, 2.45) is 0 Å². The first-order valence-corrected chi connectivity index (χ1v) is 6.33. The minimum Gasteiger partial charge on any atom is -0.381 e. The van der Waals surface area contributed by atoms with Crippen LogP contribution in [0, 0.1) is 0 Å². The second-order valence-corrected chi connectivity index (χ2v) is 4.41. The summed E-state index contributed by atoms with van der Waals surface area (Å²) < 4.78 is 1.69. The number of H-pyrrole nitrogens is 1. The normalized spacial score (nSPS) is 10.4. The van der Waals surface area contributed by atoms with E-state index in [2.05, 4.69) is 39.1 Å². The van der Waals surface area contributed by atoms with Crippen molar-refractivity contribution < 1.29 is 0 Å². The first kappa shape index (κ1) is 12.2. The van der Waals surface area contributed by atoms with Gasteiger partial charge in [0, 0.05) is 30.2 Å². The lowest BCUT2D eigenvalue weighted by molar-refractivity contribution is 0.936. The van der Waals surface area contributed by atoms with Crippen LogP contribution in [0.5, 0.6) is 0 Å². The molecule has 100 valence electrons. The molecule has 0 aliphatic heterocycles. The van der Waals surface area contributed by atoms with Crippen LogP contribution in [0.2, 0.25) is 0 Å². The fraction of sp³-hybridized carbons (Fsp3) is 0.0667. The fourth-order valence-corrected chi connectivity index (χ4v) is 1.95. The number of hydrogen-bond acceptors (Lipinski definition) is 3. The van der Waals surface area contributed by atoms with Crippen LogP contribution in [0.3, 0.4) is 0 Å². The molecule has 0 radical (unpaired) electrons. The molecule has 3 rings (SSSR count). The van der Waals surface area contributed by atoms with Crippen molar-refractivity contribution >= 4 is 11.9 Å². The molecule has 1 aromatic carbocycles. The van der Waals surface area contributed by atoms with E-state index < -0.39 is 0 Å². The molecule has 0 atom stereocenters. The number of aromatic nitrogens is 4. The Labute approximate surface area is 117 Å². The van der Waals surface area contributed by atoms with E-state index in [0.29, 0.717) is 0 Å². The second kappa shape index (κ2) is 5.44. The molecule has 0 unspecified atom stereocenters. The maximum absolute atomic E-state index is 4.14. The summed E-state index contributed by atoms with van der Waals surface area (Å²) in [6.45, 7) is 4.40. The smallest absolute Gasteiger partial charge is 0.0924 e. The summed E-state index contributed by atoms with van der Waals surface area (Å²) in [5.41, 5.74) is 4.32. The van der Waals surface area contributed by atoms with Gasteiger partial charge in [-0.3, -0.25) is 0 Å². The zero-order valence-electron chi connectivity index (χ0n) is 11.0. The molecule has 5 nitrogen and oxygen atoms in total. The topological polar surface area (TPSA) is 58.5 Å². The zero-order chi connectivity index (χ0) is 13.8. The number of benzene rings is 1. The summed E-state index contributed by atoms with van der Waals surface area (Å²) in [5.74, 6) is 0. The lowest BCUT2D eigenvalue weighted by Gasteiger charge is -2.05. The van der Waals surface area contributed by atoms with Gasteiger partial charge < -0.3 is 10.3 Å². The molecule has 0 saturated carbocycles. The van der Waals surface area contributed by atoms with Gasteiger partial charge in [0.2, 0.25) is 0 Å². The van der Waals surface area contributed by atoms with Crippen LogP contribution in [-0.2, 0) is 6.54 Å². The highest BCUT2D eigenvalue weighted by atomic mass is 15.2. The number of rotatable bonds is 5. The zero-order valence-corrected chi connectivity index (χ0v) is 11.0. The summed E-state index contributed by atoms with van der Waals surface area (Å²) >= 11 is 0. The standard InChI is InChI=1S/C15H15N5/c1-2-20-10-12(8-19-20)7-17-14-5-3-13(4-6-14)15-9-16-11-18-15/h2-6,8-11,17H,1,7H2,(H,16,18). The Morgan fingerprint density at radius 1 is 1.25 bits per heavy atom. The summed E-state index contributed by atoms with van der Waals surface area (Å²) in [5, 5.41) is 7.50. The van der Waals surface area contributed by atoms with Gasteiger partial charge in [-0.25, -0.2) is 9.67 Å². The summed E-state index contributed by atoms with van der Waals surface area (Å²) in [4.78, 5) is 7.11. The van der Waals surface area contributed by atoms with Crippen LogP contribution >= 0.6 is 0 Å². The molecule has 2 aromatic heterocycles. The van der Waals surface area contributed by atoms with Crippen LogP contribution in [0.4, 0.5) is 5.69 Å². The highest BCUT2D eigenvalue weighted by Gasteiger charge is 2.00. The predicted octanol–water partition coefficient (Wildman–Crippen LogP) is 2.99. The lowest BCUT2D eigenvalue weighted by atomic mass is 10.1. The molecule has 2 N–H and O–H groups in total. The molecular weight excluding hydrogens is 250 g/mol. The van der Waals surface area contributed by atoms with Crippen LogP contribution in [0.25, 0.3) is 17.5 Å². The molecule has 0 fully saturated rings. The third-order valence-electron chi connectivity index (χ3n) is 3.03. The maximum atomic E-state index is 4.14. The third-order valence-corrected chi connectivity index (χ3v) is 3.03. The van der Waals surface area contributed by atoms with Crippen molar-refractivity contribution in [3.8, 4) is 11.3 Å². The maximum Gasteiger partial charge on any atom is 0.0924 e. The van der Waals surface area contributed by atoms with Crippen LogP contribution in [0.1, 0.15) is 5.56 Å². The molecule has 0 bridgehead atoms. The van der Waals surface area contributed by atoms with E-state index in [-0.39, 0.29) is 0 Å². The minimum atomic E-state index is 0.733. The Hall–Kier alpha value is -2.82. The fourth-order valence-electron chi connectivity index (χ4n) is 1.95. The summed E-state index contributed by atoms with van der Waals surface area (Å²) in [7, 11) is 0. The molecule has 3 aromatic rings. The number of hydrogen-bond donors (Lipinski definition) is 2. The van der Waals surface area contributed by atoms with Crippen LogP contribution in [-0.4, -0.2) is 19.7 Å². The van der Waals surface area contributed by atoms with Crippen molar-refractivity contribution in [2.75, 3.05) is 5.32 Å². The Morgan fingerprint density at radius 3 is 2.75 bits per heavy atom. The van der Waals surface area contributed by atoms with E-state index in [9.17, 15) is 0 Å². The van der Waals surface area contributed by atoms with E-state index in [0.717, 1.165) is 29.1 Å². The highest BCUT2D eigenvalue weighted by Crippen LogP contribution is 2.19. The number of nitrogens with one attached hydrogen (secondary N) is 2. The first-order chi connectivity index (χ1) is 9.85. The quantitative estimate of drug-likeness (QED) is 0.745. The van der Waals surface area contributed by atoms with Crippen molar-refractivity contribution in [1.29, 1.82) is 0 Å². The van der Waals surface area contributed by atoms with Crippen molar-refractivity contribution in [3.63, 3.8) is 0 Å². The highest BCUT2D eigenvalue weighted by molar-refractivity contribution is 5.61. The van der Waals surface area contributed by atoms with Gasteiger partial charge in [-0.2, -0.15) is 5.10 Å². The van der Waals surface area contributed by atoms with Gasteiger partial charge in [0.15, 0.2) is 0 Å². The van der Waals surface area contributed by atoms with Crippen LogP contribution < -0.4 is 5.32 Å². The van der Waals surface area contributed by atoms with E-state index >= 15 is 0 Å².